The first-order valence-electron chi connectivity index (χ1n) is 7.64. The first kappa shape index (κ1) is 18.3. The molecular formula is C18H12F4N4O. The van der Waals surface area contributed by atoms with Gasteiger partial charge in [0.05, 0.1) is 11.1 Å². The van der Waals surface area contributed by atoms with Crippen LogP contribution in [0.4, 0.5) is 34.9 Å². The molecule has 2 N–H and O–H groups in total. The largest absolute Gasteiger partial charge is 0.416 e. The topological polar surface area (TPSA) is 66.9 Å². The van der Waals surface area contributed by atoms with Gasteiger partial charge in [-0.1, -0.05) is 6.07 Å². The van der Waals surface area contributed by atoms with Crippen molar-refractivity contribution in [1.82, 2.24) is 9.97 Å². The van der Waals surface area contributed by atoms with Gasteiger partial charge in [-0.15, -0.1) is 0 Å². The number of rotatable bonds is 4. The van der Waals surface area contributed by atoms with Gasteiger partial charge in [-0.2, -0.15) is 13.2 Å². The molecule has 1 amide bonds. The van der Waals surface area contributed by atoms with Gasteiger partial charge in [-0.3, -0.25) is 4.79 Å². The van der Waals surface area contributed by atoms with E-state index in [0.717, 1.165) is 24.3 Å². The summed E-state index contributed by atoms with van der Waals surface area (Å²) in [5, 5.41) is 5.24. The Kier molecular flexibility index (Phi) is 5.02. The van der Waals surface area contributed by atoms with Gasteiger partial charge >= 0.3 is 6.18 Å². The number of anilines is 3. The number of hydrogen-bond donors (Lipinski definition) is 2. The second-order valence-corrected chi connectivity index (χ2v) is 5.46. The maximum atomic E-state index is 13.1. The van der Waals surface area contributed by atoms with E-state index in [9.17, 15) is 22.4 Å². The Balaban J connectivity index is 1.65. The molecule has 0 aliphatic heterocycles. The number of carbonyl (C=O) groups excluding carboxylic acids is 1. The number of carbonyl (C=O) groups is 1. The van der Waals surface area contributed by atoms with Crippen molar-refractivity contribution in [3.05, 3.63) is 77.9 Å². The molecule has 0 saturated carbocycles. The van der Waals surface area contributed by atoms with E-state index in [4.69, 9.17) is 0 Å². The zero-order valence-electron chi connectivity index (χ0n) is 13.6. The summed E-state index contributed by atoms with van der Waals surface area (Å²) in [6.07, 6.45) is -1.96. The third kappa shape index (κ3) is 4.78. The highest BCUT2D eigenvalue weighted by Crippen LogP contribution is 2.29. The Morgan fingerprint density at radius 2 is 1.59 bits per heavy atom. The van der Waals surface area contributed by atoms with Crippen LogP contribution in [0.25, 0.3) is 0 Å². The van der Waals surface area contributed by atoms with Crippen LogP contribution < -0.4 is 10.6 Å². The van der Waals surface area contributed by atoms with Crippen LogP contribution in [-0.2, 0) is 6.18 Å². The minimum atomic E-state index is -4.44. The third-order valence-corrected chi connectivity index (χ3v) is 3.46. The number of amides is 1. The summed E-state index contributed by atoms with van der Waals surface area (Å²) in [5.41, 5.74) is -0.0526. The molecule has 0 spiro atoms. The Morgan fingerprint density at radius 3 is 2.19 bits per heavy atom. The number of nitrogens with zero attached hydrogens (tertiary/aromatic N) is 2. The molecule has 0 aliphatic rings. The highest BCUT2D eigenvalue weighted by Gasteiger charge is 2.30. The molecule has 1 aromatic heterocycles. The van der Waals surface area contributed by atoms with Crippen LogP contribution in [0.15, 0.2) is 60.9 Å². The maximum absolute atomic E-state index is 13.1. The van der Waals surface area contributed by atoms with E-state index in [1.807, 2.05) is 0 Å². The molecule has 0 aliphatic carbocycles. The van der Waals surface area contributed by atoms with E-state index in [-0.39, 0.29) is 17.2 Å². The molecule has 0 radical (unpaired) electrons. The molecule has 3 rings (SSSR count). The van der Waals surface area contributed by atoms with E-state index >= 15 is 0 Å². The fraction of sp³-hybridized carbons (Fsp3) is 0.0556. The standard InChI is InChI=1S/C18H12F4N4O/c19-13-2-1-3-15(8-13)26-17-23-9-11(10-24-17)16(27)25-14-6-4-12(5-7-14)18(20,21)22/h1-10H,(H,25,27)(H,23,24,26). The lowest BCUT2D eigenvalue weighted by Gasteiger charge is -2.09. The van der Waals surface area contributed by atoms with Crippen LogP contribution in [-0.4, -0.2) is 15.9 Å². The normalized spacial score (nSPS) is 11.1. The Hall–Kier alpha value is -3.49. The van der Waals surface area contributed by atoms with Crippen molar-refractivity contribution in [3.63, 3.8) is 0 Å². The predicted molar refractivity (Wildman–Crippen MR) is 91.1 cm³/mol. The number of benzene rings is 2. The number of halogens is 4. The smallest absolute Gasteiger partial charge is 0.324 e. The van der Waals surface area contributed by atoms with Gasteiger partial charge in [0.25, 0.3) is 5.91 Å². The minimum Gasteiger partial charge on any atom is -0.324 e. The highest BCUT2D eigenvalue weighted by molar-refractivity contribution is 6.03. The summed E-state index contributed by atoms with van der Waals surface area (Å²) in [6.45, 7) is 0. The van der Waals surface area contributed by atoms with Gasteiger partial charge in [-0.25, -0.2) is 14.4 Å². The third-order valence-electron chi connectivity index (χ3n) is 3.46. The van der Waals surface area contributed by atoms with Crippen molar-refractivity contribution in [3.8, 4) is 0 Å². The Bertz CT molecular complexity index is 941. The summed E-state index contributed by atoms with van der Waals surface area (Å²) < 4.78 is 50.7. The van der Waals surface area contributed by atoms with Gasteiger partial charge in [-0.05, 0) is 42.5 Å². The molecule has 5 nitrogen and oxygen atoms in total. The summed E-state index contributed by atoms with van der Waals surface area (Å²) in [5.74, 6) is -0.841. The van der Waals surface area contributed by atoms with Gasteiger partial charge in [0.1, 0.15) is 5.82 Å². The van der Waals surface area contributed by atoms with Crippen LogP contribution in [0.2, 0.25) is 0 Å². The van der Waals surface area contributed by atoms with Gasteiger partial charge < -0.3 is 10.6 Å². The van der Waals surface area contributed by atoms with Gasteiger partial charge in [0, 0.05) is 23.8 Å². The molecule has 27 heavy (non-hydrogen) atoms. The van der Waals surface area contributed by atoms with Crippen molar-refractivity contribution < 1.29 is 22.4 Å². The lowest BCUT2D eigenvalue weighted by molar-refractivity contribution is -0.137. The van der Waals surface area contributed by atoms with Crippen molar-refractivity contribution >= 4 is 23.2 Å². The lowest BCUT2D eigenvalue weighted by Crippen LogP contribution is -2.13. The number of hydrogen-bond acceptors (Lipinski definition) is 4. The number of nitrogens with one attached hydrogen (secondary N) is 2. The van der Waals surface area contributed by atoms with E-state index in [0.29, 0.717) is 5.69 Å². The van der Waals surface area contributed by atoms with Crippen LogP contribution in [0.1, 0.15) is 15.9 Å². The molecule has 0 atom stereocenters. The molecule has 0 unspecified atom stereocenters. The predicted octanol–water partition coefficient (Wildman–Crippen LogP) is 4.63. The molecule has 2 aromatic carbocycles. The summed E-state index contributed by atoms with van der Waals surface area (Å²) in [7, 11) is 0. The zero-order valence-corrected chi connectivity index (χ0v) is 13.6. The Morgan fingerprint density at radius 1 is 0.926 bits per heavy atom. The first-order chi connectivity index (χ1) is 12.8. The number of alkyl halides is 3. The van der Waals surface area contributed by atoms with Crippen LogP contribution in [0.5, 0.6) is 0 Å². The molecule has 0 saturated heterocycles. The summed E-state index contributed by atoms with van der Waals surface area (Å²) >= 11 is 0. The second kappa shape index (κ2) is 7.40. The van der Waals surface area contributed by atoms with E-state index in [1.165, 1.54) is 30.6 Å². The summed E-state index contributed by atoms with van der Waals surface area (Å²) in [6, 6.07) is 9.75. The molecule has 9 heteroatoms. The van der Waals surface area contributed by atoms with Crippen molar-refractivity contribution in [2.45, 2.75) is 6.18 Å². The van der Waals surface area contributed by atoms with E-state index in [2.05, 4.69) is 20.6 Å². The van der Waals surface area contributed by atoms with Crippen LogP contribution >= 0.6 is 0 Å². The van der Waals surface area contributed by atoms with Crippen molar-refractivity contribution in [2.24, 2.45) is 0 Å². The monoisotopic (exact) mass is 376 g/mol. The van der Waals surface area contributed by atoms with Crippen molar-refractivity contribution in [1.29, 1.82) is 0 Å². The van der Waals surface area contributed by atoms with Gasteiger partial charge in [0.15, 0.2) is 0 Å². The average molecular weight is 376 g/mol. The zero-order chi connectivity index (χ0) is 19.4. The van der Waals surface area contributed by atoms with E-state index < -0.39 is 23.5 Å². The number of aromatic nitrogens is 2. The van der Waals surface area contributed by atoms with Crippen molar-refractivity contribution in [2.75, 3.05) is 10.6 Å². The average Bonchev–Trinajstić information content (AvgIpc) is 2.62. The quantitative estimate of drug-likeness (QED) is 0.652. The van der Waals surface area contributed by atoms with Crippen LogP contribution in [0, 0.1) is 5.82 Å². The van der Waals surface area contributed by atoms with E-state index in [1.54, 1.807) is 6.07 Å². The molecule has 1 heterocycles. The highest BCUT2D eigenvalue weighted by atomic mass is 19.4. The first-order valence-corrected chi connectivity index (χ1v) is 7.64. The fourth-order valence-electron chi connectivity index (χ4n) is 2.15. The molecule has 0 bridgehead atoms. The second-order valence-electron chi connectivity index (χ2n) is 5.46. The SMILES string of the molecule is O=C(Nc1ccc(C(F)(F)F)cc1)c1cnc(Nc2cccc(F)c2)nc1. The van der Waals surface area contributed by atoms with Crippen LogP contribution in [0.3, 0.4) is 0 Å². The maximum Gasteiger partial charge on any atom is 0.416 e. The molecule has 138 valence electrons. The fourth-order valence-corrected chi connectivity index (χ4v) is 2.15. The Labute approximate surface area is 151 Å². The lowest BCUT2D eigenvalue weighted by atomic mass is 10.2. The molecular weight excluding hydrogens is 364 g/mol. The molecule has 0 fully saturated rings. The van der Waals surface area contributed by atoms with Gasteiger partial charge in [0.2, 0.25) is 5.95 Å². The minimum absolute atomic E-state index is 0.111. The molecule has 3 aromatic rings. The summed E-state index contributed by atoms with van der Waals surface area (Å²) in [4.78, 5) is 20.0.